The van der Waals surface area contributed by atoms with Gasteiger partial charge in [-0.2, -0.15) is 0 Å². The van der Waals surface area contributed by atoms with Crippen LogP contribution in [0.5, 0.6) is 0 Å². The Hall–Kier alpha value is -3.23. The SMILES string of the molecule is CCC(Sc1nc2scc(-c3ccc(C(C)C)cc3)c2c(=O)[nH]1)C(=O)Nc1ccc(C(C)=O)cc1. The number of aromatic nitrogens is 2. The fraction of sp³-hybridized carbons (Fsp3) is 0.259. The molecule has 0 radical (unpaired) electrons. The molecule has 180 valence electrons. The predicted octanol–water partition coefficient (Wildman–Crippen LogP) is 6.49. The number of Topliss-reactive ketones (excluding diaryl/α,β-unsaturated/α-hetero) is 1. The first-order valence-electron chi connectivity index (χ1n) is 11.5. The van der Waals surface area contributed by atoms with E-state index in [1.54, 1.807) is 24.3 Å². The van der Waals surface area contributed by atoms with E-state index in [0.717, 1.165) is 11.1 Å². The number of hydrogen-bond donors (Lipinski definition) is 2. The van der Waals surface area contributed by atoms with Crippen LogP contribution in [0.15, 0.2) is 63.9 Å². The second-order valence-electron chi connectivity index (χ2n) is 8.61. The van der Waals surface area contributed by atoms with E-state index in [1.807, 2.05) is 24.4 Å². The third-order valence-corrected chi connectivity index (χ3v) is 7.91. The van der Waals surface area contributed by atoms with Crippen molar-refractivity contribution in [2.45, 2.75) is 50.4 Å². The van der Waals surface area contributed by atoms with E-state index in [-0.39, 0.29) is 17.2 Å². The van der Waals surface area contributed by atoms with E-state index in [1.165, 1.54) is 35.6 Å². The van der Waals surface area contributed by atoms with Crippen molar-refractivity contribution in [1.29, 1.82) is 0 Å². The lowest BCUT2D eigenvalue weighted by Crippen LogP contribution is -2.25. The Morgan fingerprint density at radius 3 is 2.37 bits per heavy atom. The van der Waals surface area contributed by atoms with Crippen LogP contribution in [-0.2, 0) is 4.79 Å². The average molecular weight is 506 g/mol. The summed E-state index contributed by atoms with van der Waals surface area (Å²) in [4.78, 5) is 45.5. The molecule has 0 saturated carbocycles. The van der Waals surface area contributed by atoms with Gasteiger partial charge in [0.05, 0.1) is 10.6 Å². The number of ketones is 1. The molecule has 1 unspecified atom stereocenters. The highest BCUT2D eigenvalue weighted by Crippen LogP contribution is 2.33. The fourth-order valence-corrected chi connectivity index (χ4v) is 5.62. The molecular formula is C27H27N3O3S2. The number of benzene rings is 2. The van der Waals surface area contributed by atoms with Gasteiger partial charge in [0, 0.05) is 22.2 Å². The number of carbonyl (C=O) groups excluding carboxylic acids is 2. The van der Waals surface area contributed by atoms with Gasteiger partial charge in [-0.25, -0.2) is 4.98 Å². The van der Waals surface area contributed by atoms with E-state index in [0.29, 0.717) is 39.0 Å². The number of H-pyrrole nitrogens is 1. The summed E-state index contributed by atoms with van der Waals surface area (Å²) in [5.74, 6) is 0.226. The number of nitrogens with zero attached hydrogens (tertiary/aromatic N) is 1. The minimum Gasteiger partial charge on any atom is -0.325 e. The lowest BCUT2D eigenvalue weighted by Gasteiger charge is -2.14. The van der Waals surface area contributed by atoms with Crippen LogP contribution >= 0.6 is 23.1 Å². The van der Waals surface area contributed by atoms with Crippen molar-refractivity contribution in [3.63, 3.8) is 0 Å². The zero-order valence-corrected chi connectivity index (χ0v) is 21.7. The molecule has 2 aromatic carbocycles. The van der Waals surface area contributed by atoms with Crippen LogP contribution in [0.4, 0.5) is 5.69 Å². The zero-order valence-electron chi connectivity index (χ0n) is 20.0. The molecule has 1 amide bonds. The lowest BCUT2D eigenvalue weighted by atomic mass is 9.99. The second kappa shape index (κ2) is 10.6. The van der Waals surface area contributed by atoms with Crippen LogP contribution in [-0.4, -0.2) is 26.9 Å². The van der Waals surface area contributed by atoms with Crippen LogP contribution in [0.3, 0.4) is 0 Å². The van der Waals surface area contributed by atoms with Crippen LogP contribution in [0.1, 0.15) is 56.0 Å². The zero-order chi connectivity index (χ0) is 25.1. The molecule has 2 heterocycles. The molecule has 4 aromatic rings. The smallest absolute Gasteiger partial charge is 0.260 e. The van der Waals surface area contributed by atoms with Gasteiger partial charge in [-0.1, -0.05) is 56.8 Å². The van der Waals surface area contributed by atoms with Crippen molar-refractivity contribution in [3.8, 4) is 11.1 Å². The highest BCUT2D eigenvalue weighted by atomic mass is 32.2. The summed E-state index contributed by atoms with van der Waals surface area (Å²) in [5, 5.41) is 5.39. The number of carbonyl (C=O) groups is 2. The summed E-state index contributed by atoms with van der Waals surface area (Å²) in [6.45, 7) is 7.71. The summed E-state index contributed by atoms with van der Waals surface area (Å²) in [6.07, 6.45) is 0.557. The highest BCUT2D eigenvalue weighted by Gasteiger charge is 2.21. The van der Waals surface area contributed by atoms with Crippen molar-refractivity contribution < 1.29 is 9.59 Å². The number of fused-ring (bicyclic) bond motifs is 1. The monoisotopic (exact) mass is 505 g/mol. The predicted molar refractivity (Wildman–Crippen MR) is 145 cm³/mol. The van der Waals surface area contributed by atoms with Crippen molar-refractivity contribution in [3.05, 3.63) is 75.4 Å². The number of hydrogen-bond acceptors (Lipinski definition) is 6. The molecule has 0 aliphatic heterocycles. The van der Waals surface area contributed by atoms with Gasteiger partial charge in [-0.3, -0.25) is 14.4 Å². The third-order valence-electron chi connectivity index (χ3n) is 5.79. The van der Waals surface area contributed by atoms with Gasteiger partial charge >= 0.3 is 0 Å². The minimum atomic E-state index is -0.439. The summed E-state index contributed by atoms with van der Waals surface area (Å²) >= 11 is 2.66. The fourth-order valence-electron chi connectivity index (χ4n) is 3.71. The second-order valence-corrected chi connectivity index (χ2v) is 10.7. The van der Waals surface area contributed by atoms with E-state index in [4.69, 9.17) is 0 Å². The van der Waals surface area contributed by atoms with Gasteiger partial charge in [-0.15, -0.1) is 11.3 Å². The molecule has 35 heavy (non-hydrogen) atoms. The highest BCUT2D eigenvalue weighted by molar-refractivity contribution is 8.00. The Morgan fingerprint density at radius 1 is 1.09 bits per heavy atom. The van der Waals surface area contributed by atoms with Gasteiger partial charge in [0.25, 0.3) is 5.56 Å². The molecule has 4 rings (SSSR count). The first-order valence-corrected chi connectivity index (χ1v) is 13.2. The van der Waals surface area contributed by atoms with Gasteiger partial charge in [0.15, 0.2) is 10.9 Å². The topological polar surface area (TPSA) is 91.9 Å². The number of anilines is 1. The maximum Gasteiger partial charge on any atom is 0.260 e. The number of rotatable bonds is 8. The summed E-state index contributed by atoms with van der Waals surface area (Å²) in [5.41, 5.74) is 4.09. The van der Waals surface area contributed by atoms with Crippen molar-refractivity contribution in [2.75, 3.05) is 5.32 Å². The molecule has 2 N–H and O–H groups in total. The molecule has 6 nitrogen and oxygen atoms in total. The number of nitrogens with one attached hydrogen (secondary N) is 2. The molecule has 0 fully saturated rings. The maximum absolute atomic E-state index is 13.0. The molecular weight excluding hydrogens is 478 g/mol. The van der Waals surface area contributed by atoms with E-state index >= 15 is 0 Å². The minimum absolute atomic E-state index is 0.0282. The Labute approximate surface area is 212 Å². The maximum atomic E-state index is 13.0. The number of thiophene rings is 1. The standard InChI is InChI=1S/C27H27N3O3S2/c1-5-22(24(32)28-20-12-10-18(11-13-20)16(4)31)35-27-29-25(33)23-21(14-34-26(23)30-27)19-8-6-17(7-9-19)15(2)3/h6-15,22H,5H2,1-4H3,(H,28,32)(H,29,30,33). The molecule has 2 aromatic heterocycles. The van der Waals surface area contributed by atoms with Crippen LogP contribution in [0.2, 0.25) is 0 Å². The first kappa shape index (κ1) is 24.9. The van der Waals surface area contributed by atoms with Gasteiger partial charge in [0.1, 0.15) is 4.83 Å². The Morgan fingerprint density at radius 2 is 1.77 bits per heavy atom. The van der Waals surface area contributed by atoms with E-state index in [2.05, 4.69) is 41.3 Å². The van der Waals surface area contributed by atoms with Gasteiger partial charge in [0.2, 0.25) is 5.91 Å². The van der Waals surface area contributed by atoms with Crippen LogP contribution in [0.25, 0.3) is 21.3 Å². The molecule has 0 bridgehead atoms. The summed E-state index contributed by atoms with van der Waals surface area (Å²) in [7, 11) is 0. The number of aromatic amines is 1. The van der Waals surface area contributed by atoms with Crippen molar-refractivity contribution >= 4 is 50.7 Å². The molecule has 0 aliphatic rings. The largest absolute Gasteiger partial charge is 0.325 e. The lowest BCUT2D eigenvalue weighted by molar-refractivity contribution is -0.115. The molecule has 1 atom stereocenters. The van der Waals surface area contributed by atoms with Crippen molar-refractivity contribution in [2.24, 2.45) is 0 Å². The Bertz CT molecular complexity index is 1420. The van der Waals surface area contributed by atoms with Crippen LogP contribution in [0, 0.1) is 0 Å². The quantitative estimate of drug-likeness (QED) is 0.162. The number of thioether (sulfide) groups is 1. The number of amides is 1. The van der Waals surface area contributed by atoms with Crippen LogP contribution < -0.4 is 10.9 Å². The summed E-state index contributed by atoms with van der Waals surface area (Å²) < 4.78 is 0. The molecule has 0 saturated heterocycles. The summed E-state index contributed by atoms with van der Waals surface area (Å²) in [6, 6.07) is 15.0. The molecule has 0 spiro atoms. The normalized spacial score (nSPS) is 12.1. The average Bonchev–Trinajstić information content (AvgIpc) is 3.27. The van der Waals surface area contributed by atoms with Gasteiger partial charge < -0.3 is 10.3 Å². The van der Waals surface area contributed by atoms with Gasteiger partial charge in [-0.05, 0) is 54.7 Å². The first-order chi connectivity index (χ1) is 16.8. The Kier molecular flexibility index (Phi) is 7.52. The molecule has 8 heteroatoms. The van der Waals surface area contributed by atoms with Crippen molar-refractivity contribution in [1.82, 2.24) is 9.97 Å². The molecule has 0 aliphatic carbocycles. The van der Waals surface area contributed by atoms with E-state index in [9.17, 15) is 14.4 Å². The van der Waals surface area contributed by atoms with E-state index < -0.39 is 5.25 Å². The third kappa shape index (κ3) is 5.55. The Balaban J connectivity index is 1.54.